The summed E-state index contributed by atoms with van der Waals surface area (Å²) in [5.41, 5.74) is 7.31. The van der Waals surface area contributed by atoms with Crippen molar-refractivity contribution in [2.45, 2.75) is 13.8 Å². The molecule has 1 aliphatic rings. The highest BCUT2D eigenvalue weighted by Gasteiger charge is 2.12. The third kappa shape index (κ3) is 4.10. The SMILES string of the molecule is Cc1sc2ncnc(NNC(=S)NCCN3CCOCC3)c2c1C. The maximum atomic E-state index is 5.34. The Balaban J connectivity index is 1.49. The van der Waals surface area contributed by atoms with Crippen LogP contribution in [0.3, 0.4) is 0 Å². The molecule has 0 amide bonds. The lowest BCUT2D eigenvalue weighted by Gasteiger charge is -2.26. The molecule has 1 fully saturated rings. The molecular weight excluding hydrogens is 344 g/mol. The molecule has 3 N–H and O–H groups in total. The zero-order valence-electron chi connectivity index (χ0n) is 13.9. The van der Waals surface area contributed by atoms with Crippen molar-refractivity contribution < 1.29 is 4.74 Å². The molecule has 0 atom stereocenters. The summed E-state index contributed by atoms with van der Waals surface area (Å²) in [6, 6.07) is 0. The van der Waals surface area contributed by atoms with Crippen LogP contribution in [0.2, 0.25) is 0 Å². The van der Waals surface area contributed by atoms with E-state index in [2.05, 4.69) is 44.9 Å². The first kappa shape index (κ1) is 17.3. The lowest BCUT2D eigenvalue weighted by Crippen LogP contribution is -2.44. The Morgan fingerprint density at radius 3 is 2.92 bits per heavy atom. The summed E-state index contributed by atoms with van der Waals surface area (Å²) in [4.78, 5) is 13.2. The van der Waals surface area contributed by atoms with Crippen LogP contribution in [0.5, 0.6) is 0 Å². The van der Waals surface area contributed by atoms with E-state index in [1.54, 1.807) is 17.7 Å². The van der Waals surface area contributed by atoms with Crippen molar-refractivity contribution in [3.63, 3.8) is 0 Å². The van der Waals surface area contributed by atoms with Gasteiger partial charge in [-0.1, -0.05) is 0 Å². The predicted molar refractivity (Wildman–Crippen MR) is 102 cm³/mol. The van der Waals surface area contributed by atoms with E-state index in [1.165, 1.54) is 10.4 Å². The topological polar surface area (TPSA) is 74.3 Å². The number of nitrogens with zero attached hydrogens (tertiary/aromatic N) is 3. The molecule has 3 heterocycles. The Hall–Kier alpha value is -1.55. The minimum absolute atomic E-state index is 0.555. The molecular formula is C15H22N6OS2. The van der Waals surface area contributed by atoms with Crippen LogP contribution < -0.4 is 16.2 Å². The van der Waals surface area contributed by atoms with Crippen LogP contribution in [0, 0.1) is 13.8 Å². The first-order valence-electron chi connectivity index (χ1n) is 7.96. The molecule has 24 heavy (non-hydrogen) atoms. The summed E-state index contributed by atoms with van der Waals surface area (Å²) in [6.45, 7) is 9.51. The summed E-state index contributed by atoms with van der Waals surface area (Å²) < 4.78 is 5.34. The molecule has 1 aliphatic heterocycles. The monoisotopic (exact) mass is 366 g/mol. The van der Waals surface area contributed by atoms with Crippen LogP contribution in [0.25, 0.3) is 10.2 Å². The van der Waals surface area contributed by atoms with E-state index < -0.39 is 0 Å². The van der Waals surface area contributed by atoms with Crippen molar-refractivity contribution in [3.8, 4) is 0 Å². The van der Waals surface area contributed by atoms with Gasteiger partial charge in [-0.2, -0.15) is 0 Å². The first-order valence-corrected chi connectivity index (χ1v) is 9.18. The number of hydrogen-bond donors (Lipinski definition) is 3. The Morgan fingerprint density at radius 2 is 2.12 bits per heavy atom. The number of fused-ring (bicyclic) bond motifs is 1. The van der Waals surface area contributed by atoms with Gasteiger partial charge in [0.05, 0.1) is 18.6 Å². The van der Waals surface area contributed by atoms with E-state index in [-0.39, 0.29) is 0 Å². The summed E-state index contributed by atoms with van der Waals surface area (Å²) in [5, 5.41) is 4.80. The Labute approximate surface area is 150 Å². The number of hydrazine groups is 1. The standard InChI is InChI=1S/C15H22N6OS2/c1-10-11(2)24-14-12(10)13(17-9-18-14)19-20-15(23)16-3-4-21-5-7-22-8-6-21/h9H,3-8H2,1-2H3,(H2,16,20,23)(H,17,18,19). The number of thiocarbonyl (C=S) groups is 1. The smallest absolute Gasteiger partial charge is 0.185 e. The average molecular weight is 367 g/mol. The quantitative estimate of drug-likeness (QED) is 0.542. The Kier molecular flexibility index (Phi) is 5.77. The van der Waals surface area contributed by atoms with Gasteiger partial charge in [0.1, 0.15) is 11.2 Å². The third-order valence-corrected chi connectivity index (χ3v) is 5.44. The van der Waals surface area contributed by atoms with Gasteiger partial charge in [-0.15, -0.1) is 11.3 Å². The number of ether oxygens (including phenoxy) is 1. The maximum absolute atomic E-state index is 5.34. The Morgan fingerprint density at radius 1 is 1.33 bits per heavy atom. The number of aromatic nitrogens is 2. The van der Waals surface area contributed by atoms with E-state index >= 15 is 0 Å². The van der Waals surface area contributed by atoms with Crippen LogP contribution in [0.15, 0.2) is 6.33 Å². The number of morpholine rings is 1. The number of nitrogens with one attached hydrogen (secondary N) is 3. The fraction of sp³-hybridized carbons (Fsp3) is 0.533. The summed E-state index contributed by atoms with van der Waals surface area (Å²) in [5.74, 6) is 0.749. The van der Waals surface area contributed by atoms with E-state index in [9.17, 15) is 0 Å². The van der Waals surface area contributed by atoms with Gasteiger partial charge in [0, 0.05) is 31.1 Å². The predicted octanol–water partition coefficient (Wildman–Crippen LogP) is 1.43. The van der Waals surface area contributed by atoms with E-state index in [4.69, 9.17) is 17.0 Å². The van der Waals surface area contributed by atoms with Gasteiger partial charge in [0.15, 0.2) is 10.9 Å². The minimum atomic E-state index is 0.555. The van der Waals surface area contributed by atoms with Crippen LogP contribution in [-0.4, -0.2) is 59.4 Å². The van der Waals surface area contributed by atoms with Gasteiger partial charge in [-0.25, -0.2) is 9.97 Å². The van der Waals surface area contributed by atoms with Gasteiger partial charge in [0.25, 0.3) is 0 Å². The molecule has 3 rings (SSSR count). The number of anilines is 1. The van der Waals surface area contributed by atoms with Crippen LogP contribution in [0.1, 0.15) is 10.4 Å². The second kappa shape index (κ2) is 8.02. The number of aryl methyl sites for hydroxylation is 2. The third-order valence-electron chi connectivity index (χ3n) is 4.08. The molecule has 0 spiro atoms. The van der Waals surface area contributed by atoms with Crippen LogP contribution >= 0.6 is 23.6 Å². The summed E-state index contributed by atoms with van der Waals surface area (Å²) in [7, 11) is 0. The molecule has 0 aromatic carbocycles. The molecule has 0 unspecified atom stereocenters. The second-order valence-corrected chi connectivity index (χ2v) is 7.26. The van der Waals surface area contributed by atoms with E-state index in [0.717, 1.165) is 55.4 Å². The van der Waals surface area contributed by atoms with Crippen molar-refractivity contribution in [1.29, 1.82) is 0 Å². The first-order chi connectivity index (χ1) is 11.6. The van der Waals surface area contributed by atoms with Gasteiger partial charge < -0.3 is 10.1 Å². The van der Waals surface area contributed by atoms with Crippen molar-refractivity contribution >= 4 is 44.7 Å². The number of hydrogen-bond acceptors (Lipinski definition) is 7. The van der Waals surface area contributed by atoms with Crippen LogP contribution in [0.4, 0.5) is 5.82 Å². The van der Waals surface area contributed by atoms with Crippen molar-refractivity contribution in [1.82, 2.24) is 25.6 Å². The molecule has 2 aromatic heterocycles. The Bertz CT molecular complexity index is 713. The van der Waals surface area contributed by atoms with E-state index in [1.807, 2.05) is 0 Å². The normalized spacial score (nSPS) is 15.4. The second-order valence-electron chi connectivity index (χ2n) is 5.65. The zero-order chi connectivity index (χ0) is 16.9. The van der Waals surface area contributed by atoms with Gasteiger partial charge in [-0.05, 0) is 31.6 Å². The molecule has 9 heteroatoms. The van der Waals surface area contributed by atoms with Crippen molar-refractivity contribution in [2.24, 2.45) is 0 Å². The fourth-order valence-electron chi connectivity index (χ4n) is 2.59. The average Bonchev–Trinajstić information content (AvgIpc) is 2.89. The largest absolute Gasteiger partial charge is 0.379 e. The lowest BCUT2D eigenvalue weighted by atomic mass is 10.2. The molecule has 1 saturated heterocycles. The molecule has 130 valence electrons. The highest BCUT2D eigenvalue weighted by atomic mass is 32.1. The molecule has 0 saturated carbocycles. The molecule has 0 radical (unpaired) electrons. The highest BCUT2D eigenvalue weighted by Crippen LogP contribution is 2.31. The molecule has 2 aromatic rings. The molecule has 0 bridgehead atoms. The van der Waals surface area contributed by atoms with Crippen molar-refractivity contribution in [2.75, 3.05) is 44.8 Å². The molecule has 0 aliphatic carbocycles. The summed E-state index contributed by atoms with van der Waals surface area (Å²) in [6.07, 6.45) is 1.57. The van der Waals surface area contributed by atoms with Crippen LogP contribution in [-0.2, 0) is 4.74 Å². The van der Waals surface area contributed by atoms with Crippen molar-refractivity contribution in [3.05, 3.63) is 16.8 Å². The van der Waals surface area contributed by atoms with Gasteiger partial charge >= 0.3 is 0 Å². The van der Waals surface area contributed by atoms with Gasteiger partial charge in [0.2, 0.25) is 0 Å². The summed E-state index contributed by atoms with van der Waals surface area (Å²) >= 11 is 6.99. The van der Waals surface area contributed by atoms with E-state index in [0.29, 0.717) is 5.11 Å². The van der Waals surface area contributed by atoms with Gasteiger partial charge in [-0.3, -0.25) is 15.8 Å². The molecule has 7 nitrogen and oxygen atoms in total. The lowest BCUT2D eigenvalue weighted by molar-refractivity contribution is 0.0389. The number of thiophene rings is 1. The maximum Gasteiger partial charge on any atom is 0.185 e. The fourth-order valence-corrected chi connectivity index (χ4v) is 3.74. The number of rotatable bonds is 5. The highest BCUT2D eigenvalue weighted by molar-refractivity contribution is 7.80. The zero-order valence-corrected chi connectivity index (χ0v) is 15.5. The minimum Gasteiger partial charge on any atom is -0.379 e.